The summed E-state index contributed by atoms with van der Waals surface area (Å²) in [5.74, 6) is -10.1. The van der Waals surface area contributed by atoms with Crippen molar-refractivity contribution in [1.82, 2.24) is 60.0 Å². The van der Waals surface area contributed by atoms with Gasteiger partial charge in [-0.3, -0.25) is 57.5 Å². The van der Waals surface area contributed by atoms with E-state index in [4.69, 9.17) is 11.6 Å². The molecule has 0 aromatic carbocycles. The van der Waals surface area contributed by atoms with Crippen molar-refractivity contribution in [2.24, 2.45) is 41.4 Å². The predicted octanol–water partition coefficient (Wildman–Crippen LogP) is 5.72. The van der Waals surface area contributed by atoms with Crippen molar-refractivity contribution in [2.75, 3.05) is 82.6 Å². The number of hydrogen-bond acceptors (Lipinski definition) is 12. The molecule has 562 valence electrons. The number of nitrogens with one attached hydrogen (secondary N) is 3. The molecule has 3 aliphatic heterocycles. The van der Waals surface area contributed by atoms with Crippen LogP contribution in [0.2, 0.25) is 0 Å². The van der Waals surface area contributed by atoms with E-state index >= 15 is 28.8 Å². The summed E-state index contributed by atoms with van der Waals surface area (Å²) in [5, 5.41) is 8.78. The molecule has 28 heteroatoms. The lowest BCUT2D eigenvalue weighted by Crippen LogP contribution is -2.68. The molecule has 7 rings (SSSR count). The van der Waals surface area contributed by atoms with Crippen molar-refractivity contribution in [3.63, 3.8) is 0 Å². The highest BCUT2D eigenvalue weighted by molar-refractivity contribution is 6.21. The number of likely N-dealkylation sites (N-methyl/N-ethyl adjacent to an activating group) is 7. The molecule has 1 spiro atoms. The van der Waals surface area contributed by atoms with Crippen molar-refractivity contribution in [1.29, 1.82) is 0 Å². The van der Waals surface area contributed by atoms with Gasteiger partial charge in [-0.2, -0.15) is 13.2 Å². The summed E-state index contributed by atoms with van der Waals surface area (Å²) in [6, 6.07) is -9.85. The highest BCUT2D eigenvalue weighted by Crippen LogP contribution is 2.43. The summed E-state index contributed by atoms with van der Waals surface area (Å²) in [6.45, 7) is 8.28. The molecule has 2 bridgehead atoms. The minimum absolute atomic E-state index is 0.0185. The number of alkyl halides is 4. The maximum Gasteiger partial charge on any atom is 0.391 e. The summed E-state index contributed by atoms with van der Waals surface area (Å²) in [4.78, 5) is 190. The van der Waals surface area contributed by atoms with Crippen LogP contribution in [0.15, 0.2) is 12.2 Å². The van der Waals surface area contributed by atoms with Crippen LogP contribution in [0.1, 0.15) is 182 Å². The van der Waals surface area contributed by atoms with Gasteiger partial charge < -0.3 is 60.0 Å². The monoisotopic (exact) mass is 1430 g/mol. The van der Waals surface area contributed by atoms with E-state index in [1.54, 1.807) is 26.0 Å². The second-order valence-corrected chi connectivity index (χ2v) is 31.1. The fraction of sp³-hybridized carbons (Fsp3) is 0.806. The lowest BCUT2D eigenvalue weighted by Gasteiger charge is -2.46. The Hall–Kier alpha value is -6.54. The Balaban J connectivity index is 1.28. The average molecular weight is 1430 g/mol. The lowest BCUT2D eigenvalue weighted by molar-refractivity contribution is -0.184. The first-order valence-electron chi connectivity index (χ1n) is 36.7. The number of halogens is 4. The summed E-state index contributed by atoms with van der Waals surface area (Å²) in [5.41, 5.74) is -1.49. The quantitative estimate of drug-likeness (QED) is 0.175. The van der Waals surface area contributed by atoms with Crippen molar-refractivity contribution >= 4 is 82.5 Å². The van der Waals surface area contributed by atoms with E-state index in [9.17, 15) is 41.9 Å². The minimum atomic E-state index is -4.43. The highest BCUT2D eigenvalue weighted by atomic mass is 35.5. The zero-order valence-corrected chi connectivity index (χ0v) is 62.2. The van der Waals surface area contributed by atoms with Gasteiger partial charge in [0.1, 0.15) is 53.9 Å². The van der Waals surface area contributed by atoms with Gasteiger partial charge in [0.2, 0.25) is 70.9 Å². The first-order chi connectivity index (χ1) is 47.1. The van der Waals surface area contributed by atoms with Gasteiger partial charge in [0.15, 0.2) is 0 Å². The Morgan fingerprint density at radius 3 is 1.86 bits per heavy atom. The number of rotatable bonds is 10. The fourth-order valence-electron chi connectivity index (χ4n) is 16.7. The van der Waals surface area contributed by atoms with Gasteiger partial charge in [-0.25, -0.2) is 0 Å². The second kappa shape index (κ2) is 35.1. The van der Waals surface area contributed by atoms with E-state index in [0.717, 1.165) is 35.5 Å². The largest absolute Gasteiger partial charge is 0.391 e. The Bertz CT molecular complexity index is 2980. The molecule has 3 heterocycles. The van der Waals surface area contributed by atoms with Gasteiger partial charge in [-0.1, -0.05) is 66.0 Å². The molecular formula is C72H114ClF3N12O12. The summed E-state index contributed by atoms with van der Waals surface area (Å²) in [7, 11) is 11.4. The van der Waals surface area contributed by atoms with Crippen LogP contribution in [-0.4, -0.2) is 263 Å². The molecule has 11 atom stereocenters. The molecule has 2 unspecified atom stereocenters. The number of hydrogen-bond donors (Lipinski definition) is 3. The summed E-state index contributed by atoms with van der Waals surface area (Å²) in [6.07, 6.45) is 5.42. The third kappa shape index (κ3) is 19.0. The SMILES string of the molecule is CC[C@H](C)[C@@H]1NC(=O)[C@H](CC)N(C)C(=O)C[C@@H](C(=O)N(C)C)N(C)C(=O)[C@H](C2CCCC2)N(C)C(=O)C2(CCC2)NC(=O)[C@@H]2CCCN2C(=O)[C@H](CCC2CC(C)C(Cl)C(C)C2)NC(=O)CN(C)C(=O)[C@H](CC2CCC(C(F)(F)F)CC2)N2CC/C=C\C[C@@H](C2=O)N(C)C(=O)CN(C)C1=O. The van der Waals surface area contributed by atoms with Gasteiger partial charge in [-0.05, 0) is 158 Å². The molecule has 100 heavy (non-hydrogen) atoms. The molecule has 4 saturated carbocycles. The molecule has 7 aliphatic rings. The van der Waals surface area contributed by atoms with Gasteiger partial charge in [0.25, 0.3) is 0 Å². The molecule has 0 radical (unpaired) electrons. The van der Waals surface area contributed by atoms with Gasteiger partial charge in [0.05, 0.1) is 25.4 Å². The van der Waals surface area contributed by atoms with Gasteiger partial charge in [-0.15, -0.1) is 11.6 Å². The van der Waals surface area contributed by atoms with Crippen LogP contribution in [0.3, 0.4) is 0 Å². The first kappa shape index (κ1) is 80.8. The predicted molar refractivity (Wildman–Crippen MR) is 370 cm³/mol. The molecule has 4 aliphatic carbocycles. The number of amides is 12. The van der Waals surface area contributed by atoms with Crippen LogP contribution < -0.4 is 16.0 Å². The molecule has 3 N–H and O–H groups in total. The zero-order chi connectivity index (χ0) is 74.0. The zero-order valence-electron chi connectivity index (χ0n) is 61.4. The number of nitrogens with zero attached hydrogens (tertiary/aromatic N) is 9. The van der Waals surface area contributed by atoms with Crippen LogP contribution in [0.5, 0.6) is 0 Å². The van der Waals surface area contributed by atoms with E-state index in [1.807, 2.05) is 6.92 Å². The van der Waals surface area contributed by atoms with Crippen LogP contribution in [0.25, 0.3) is 0 Å². The third-order valence-corrected chi connectivity index (χ3v) is 24.3. The van der Waals surface area contributed by atoms with Gasteiger partial charge in [0, 0.05) is 74.8 Å². The second-order valence-electron chi connectivity index (χ2n) is 30.6. The van der Waals surface area contributed by atoms with Crippen LogP contribution in [0, 0.1) is 41.4 Å². The molecule has 0 aromatic rings. The van der Waals surface area contributed by atoms with Gasteiger partial charge >= 0.3 is 6.18 Å². The normalized spacial score (nSPS) is 32.6. The van der Waals surface area contributed by atoms with Crippen LogP contribution >= 0.6 is 11.6 Å². The maximum absolute atomic E-state index is 15.4. The standard InChI is InChI=1S/C72H114ClF3N12O12/c1-14-43(3)60-68(98)82(9)42-58(91)84(11)53-25-17-16-20-35-88(67(53)97)55(39-46-27-30-49(31-28-46)72(74,75)76)66(96)81(8)41-56(89)77-50(32-29-47-37-44(4)59(73)45(5)38-47)64(94)87-36-21-26-52(87)63(93)79-71(33-22-34-71)70(100)86(13)61(48-23-18-19-24-48)69(99)85(12)54(65(95)80(6)7)40-57(90)83(10)51(15-2)62(92)78-60/h16-17,43-55,59-61H,14-15,18-42H2,1-13H3,(H,77,89)(H,78,92)(H,79,93)/b17-16-/t43-,44?,45?,46?,47?,49?,50-,51-,52-,53-,54-,55-,59?,60-,61-/m0/s1. The molecule has 2 saturated heterocycles. The number of fused-ring (bicyclic) bond motifs is 3. The van der Waals surface area contributed by atoms with Crippen molar-refractivity contribution in [3.8, 4) is 0 Å². The fourth-order valence-corrected chi connectivity index (χ4v) is 16.9. The van der Waals surface area contributed by atoms with E-state index in [1.165, 1.54) is 90.7 Å². The van der Waals surface area contributed by atoms with E-state index in [-0.39, 0.29) is 119 Å². The summed E-state index contributed by atoms with van der Waals surface area (Å²) < 4.78 is 42.3. The van der Waals surface area contributed by atoms with E-state index < -0.39 is 168 Å². The number of carbonyl (C=O) groups is 12. The molecule has 12 amide bonds. The smallest absolute Gasteiger partial charge is 0.347 e. The molecule has 0 aromatic heterocycles. The molecule has 24 nitrogen and oxygen atoms in total. The summed E-state index contributed by atoms with van der Waals surface area (Å²) >= 11 is 6.81. The lowest BCUT2D eigenvalue weighted by atomic mass is 9.74. The third-order valence-electron chi connectivity index (χ3n) is 23.4. The van der Waals surface area contributed by atoms with Crippen LogP contribution in [-0.2, 0) is 57.5 Å². The average Bonchev–Trinajstić information content (AvgIpc) is 1.08. The Labute approximate surface area is 594 Å². The number of carbonyl (C=O) groups excluding carboxylic acids is 12. The van der Waals surface area contributed by atoms with E-state index in [0.29, 0.717) is 38.5 Å². The Morgan fingerprint density at radius 1 is 0.650 bits per heavy atom. The molecule has 6 fully saturated rings. The van der Waals surface area contributed by atoms with E-state index in [2.05, 4.69) is 29.8 Å². The molecular weight excluding hydrogens is 1320 g/mol. The maximum atomic E-state index is 15.4. The Morgan fingerprint density at radius 2 is 1.28 bits per heavy atom. The highest BCUT2D eigenvalue weighted by Gasteiger charge is 2.53. The topological polar surface area (TPSA) is 270 Å². The van der Waals surface area contributed by atoms with Crippen molar-refractivity contribution in [3.05, 3.63) is 12.2 Å². The van der Waals surface area contributed by atoms with Crippen molar-refractivity contribution < 1.29 is 70.7 Å². The van der Waals surface area contributed by atoms with Crippen molar-refractivity contribution in [2.45, 2.75) is 248 Å². The van der Waals surface area contributed by atoms with Crippen LogP contribution in [0.4, 0.5) is 13.2 Å². The first-order valence-corrected chi connectivity index (χ1v) is 37.2. The Kier molecular flexibility index (Phi) is 28.3. The minimum Gasteiger partial charge on any atom is -0.347 e.